The van der Waals surface area contributed by atoms with Crippen LogP contribution in [0.2, 0.25) is 0 Å². The predicted octanol–water partition coefficient (Wildman–Crippen LogP) is 2.75. The Labute approximate surface area is 120 Å². The van der Waals surface area contributed by atoms with E-state index in [-0.39, 0.29) is 5.41 Å². The first-order valence-electron chi connectivity index (χ1n) is 7.24. The second-order valence-electron chi connectivity index (χ2n) is 6.83. The topological polar surface area (TPSA) is 53.6 Å². The zero-order valence-corrected chi connectivity index (χ0v) is 12.4. The number of aromatic nitrogens is 3. The number of hydrogen-bond donors (Lipinski definition) is 2. The van der Waals surface area contributed by atoms with Gasteiger partial charge >= 0.3 is 0 Å². The van der Waals surface area contributed by atoms with Crippen molar-refractivity contribution in [2.24, 2.45) is 5.41 Å². The van der Waals surface area contributed by atoms with E-state index >= 15 is 0 Å². The average molecular weight is 270 g/mol. The number of aromatic amines is 1. The molecule has 0 amide bonds. The fraction of sp³-hybridized carbons (Fsp3) is 0.500. The minimum atomic E-state index is 0.211. The Kier molecular flexibility index (Phi) is 3.34. The summed E-state index contributed by atoms with van der Waals surface area (Å²) in [5.41, 5.74) is 4.81. The van der Waals surface area contributed by atoms with Gasteiger partial charge in [-0.1, -0.05) is 45.0 Å². The SMILES string of the molecule is CC(C)(C)Cc1n[nH]nc1-c1ccc(C2CNC2)cc1. The van der Waals surface area contributed by atoms with Crippen LogP contribution in [-0.2, 0) is 6.42 Å². The molecule has 1 aliphatic heterocycles. The van der Waals surface area contributed by atoms with Gasteiger partial charge in [-0.2, -0.15) is 15.4 Å². The Balaban J connectivity index is 1.84. The molecule has 0 aliphatic carbocycles. The minimum absolute atomic E-state index is 0.211. The minimum Gasteiger partial charge on any atom is -0.315 e. The molecule has 1 fully saturated rings. The van der Waals surface area contributed by atoms with Crippen molar-refractivity contribution >= 4 is 0 Å². The van der Waals surface area contributed by atoms with Gasteiger partial charge in [0.1, 0.15) is 5.69 Å². The van der Waals surface area contributed by atoms with E-state index in [9.17, 15) is 0 Å². The van der Waals surface area contributed by atoms with Gasteiger partial charge in [-0.15, -0.1) is 0 Å². The van der Waals surface area contributed by atoms with Crippen molar-refractivity contribution in [1.29, 1.82) is 0 Å². The van der Waals surface area contributed by atoms with Crippen LogP contribution in [0, 0.1) is 5.41 Å². The van der Waals surface area contributed by atoms with Gasteiger partial charge in [0.2, 0.25) is 0 Å². The van der Waals surface area contributed by atoms with Crippen molar-refractivity contribution < 1.29 is 0 Å². The standard InChI is InChI=1S/C16H22N4/c1-16(2,3)8-14-15(19-20-18-14)12-6-4-11(5-7-12)13-9-17-10-13/h4-7,13,17H,8-10H2,1-3H3,(H,18,19,20). The maximum atomic E-state index is 4.33. The Hall–Kier alpha value is -1.68. The smallest absolute Gasteiger partial charge is 0.116 e. The van der Waals surface area contributed by atoms with Crippen LogP contribution in [0.4, 0.5) is 0 Å². The molecule has 4 nitrogen and oxygen atoms in total. The lowest BCUT2D eigenvalue weighted by atomic mass is 9.88. The van der Waals surface area contributed by atoms with Crippen LogP contribution in [-0.4, -0.2) is 28.5 Å². The lowest BCUT2D eigenvalue weighted by molar-refractivity contribution is 0.406. The zero-order chi connectivity index (χ0) is 14.2. The first-order valence-corrected chi connectivity index (χ1v) is 7.24. The fourth-order valence-electron chi connectivity index (χ4n) is 2.55. The van der Waals surface area contributed by atoms with Crippen molar-refractivity contribution in [2.45, 2.75) is 33.1 Å². The molecule has 0 spiro atoms. The predicted molar refractivity (Wildman–Crippen MR) is 80.6 cm³/mol. The zero-order valence-electron chi connectivity index (χ0n) is 12.4. The van der Waals surface area contributed by atoms with E-state index in [0.29, 0.717) is 5.92 Å². The first-order chi connectivity index (χ1) is 9.53. The number of hydrogen-bond acceptors (Lipinski definition) is 3. The number of nitrogens with zero attached hydrogens (tertiary/aromatic N) is 2. The van der Waals surface area contributed by atoms with Crippen LogP contribution in [0.5, 0.6) is 0 Å². The molecule has 0 unspecified atom stereocenters. The van der Waals surface area contributed by atoms with Crippen molar-refractivity contribution in [3.05, 3.63) is 35.5 Å². The second-order valence-corrected chi connectivity index (χ2v) is 6.83. The molecule has 1 aliphatic rings. The highest BCUT2D eigenvalue weighted by atomic mass is 15.3. The number of H-pyrrole nitrogens is 1. The maximum Gasteiger partial charge on any atom is 0.116 e. The van der Waals surface area contributed by atoms with E-state index in [1.807, 2.05) is 0 Å². The quantitative estimate of drug-likeness (QED) is 0.901. The van der Waals surface area contributed by atoms with Crippen molar-refractivity contribution in [3.63, 3.8) is 0 Å². The van der Waals surface area contributed by atoms with Crippen LogP contribution < -0.4 is 5.32 Å². The molecule has 1 aromatic heterocycles. The Morgan fingerprint density at radius 1 is 1.10 bits per heavy atom. The summed E-state index contributed by atoms with van der Waals surface area (Å²) in [6.45, 7) is 8.85. The third-order valence-electron chi connectivity index (χ3n) is 3.75. The van der Waals surface area contributed by atoms with Crippen LogP contribution in [0.1, 0.15) is 37.9 Å². The van der Waals surface area contributed by atoms with Gasteiger partial charge in [-0.3, -0.25) is 0 Å². The molecular formula is C16H22N4. The first kappa shape index (κ1) is 13.3. The molecule has 2 aromatic rings. The molecule has 106 valence electrons. The Bertz CT molecular complexity index is 573. The molecule has 1 aromatic carbocycles. The number of benzene rings is 1. The molecule has 0 atom stereocenters. The summed E-state index contributed by atoms with van der Waals surface area (Å²) in [5.74, 6) is 0.676. The van der Waals surface area contributed by atoms with Crippen LogP contribution >= 0.6 is 0 Å². The molecule has 0 saturated carbocycles. The normalized spacial score (nSPS) is 16.1. The number of nitrogens with one attached hydrogen (secondary N) is 2. The second kappa shape index (κ2) is 5.02. The monoisotopic (exact) mass is 270 g/mol. The highest BCUT2D eigenvalue weighted by molar-refractivity contribution is 5.61. The average Bonchev–Trinajstić information content (AvgIpc) is 2.73. The van der Waals surface area contributed by atoms with Gasteiger partial charge in [0.25, 0.3) is 0 Å². The summed E-state index contributed by atoms with van der Waals surface area (Å²) in [6, 6.07) is 8.77. The molecule has 20 heavy (non-hydrogen) atoms. The van der Waals surface area contributed by atoms with E-state index in [1.54, 1.807) is 0 Å². The molecular weight excluding hydrogens is 248 g/mol. The van der Waals surface area contributed by atoms with E-state index in [4.69, 9.17) is 0 Å². The Morgan fingerprint density at radius 3 is 2.35 bits per heavy atom. The maximum absolute atomic E-state index is 4.33. The third-order valence-corrected chi connectivity index (χ3v) is 3.75. The molecule has 2 N–H and O–H groups in total. The van der Waals surface area contributed by atoms with E-state index in [0.717, 1.165) is 36.5 Å². The summed E-state index contributed by atoms with van der Waals surface area (Å²) >= 11 is 0. The molecule has 1 saturated heterocycles. The van der Waals surface area contributed by atoms with Gasteiger partial charge in [-0.05, 0) is 17.4 Å². The Morgan fingerprint density at radius 2 is 1.80 bits per heavy atom. The molecule has 2 heterocycles. The van der Waals surface area contributed by atoms with Gasteiger partial charge in [-0.25, -0.2) is 0 Å². The van der Waals surface area contributed by atoms with Crippen molar-refractivity contribution in [3.8, 4) is 11.3 Å². The summed E-state index contributed by atoms with van der Waals surface area (Å²) in [5, 5.41) is 14.7. The summed E-state index contributed by atoms with van der Waals surface area (Å²) in [7, 11) is 0. The number of rotatable bonds is 3. The van der Waals surface area contributed by atoms with Gasteiger partial charge in [0.15, 0.2) is 0 Å². The highest BCUT2D eigenvalue weighted by Gasteiger charge is 2.20. The van der Waals surface area contributed by atoms with Gasteiger partial charge in [0, 0.05) is 24.6 Å². The van der Waals surface area contributed by atoms with E-state index < -0.39 is 0 Å². The lowest BCUT2D eigenvalue weighted by Crippen LogP contribution is -2.39. The van der Waals surface area contributed by atoms with Crippen LogP contribution in [0.25, 0.3) is 11.3 Å². The van der Waals surface area contributed by atoms with Crippen molar-refractivity contribution in [2.75, 3.05) is 13.1 Å². The summed E-state index contributed by atoms with van der Waals surface area (Å²) in [6.07, 6.45) is 0.924. The van der Waals surface area contributed by atoms with Gasteiger partial charge < -0.3 is 5.32 Å². The molecule has 4 heteroatoms. The van der Waals surface area contributed by atoms with Crippen LogP contribution in [0.15, 0.2) is 24.3 Å². The molecule has 0 bridgehead atoms. The third kappa shape index (κ3) is 2.75. The van der Waals surface area contributed by atoms with Crippen LogP contribution in [0.3, 0.4) is 0 Å². The summed E-state index contributed by atoms with van der Waals surface area (Å²) in [4.78, 5) is 0. The summed E-state index contributed by atoms with van der Waals surface area (Å²) < 4.78 is 0. The van der Waals surface area contributed by atoms with E-state index in [2.05, 4.69) is 65.8 Å². The molecule has 0 radical (unpaired) electrons. The lowest BCUT2D eigenvalue weighted by Gasteiger charge is -2.27. The highest BCUT2D eigenvalue weighted by Crippen LogP contribution is 2.28. The molecule has 3 rings (SSSR count). The van der Waals surface area contributed by atoms with E-state index in [1.165, 1.54) is 5.56 Å². The fourth-order valence-corrected chi connectivity index (χ4v) is 2.55. The van der Waals surface area contributed by atoms with Gasteiger partial charge in [0.05, 0.1) is 5.69 Å². The largest absolute Gasteiger partial charge is 0.315 e. The van der Waals surface area contributed by atoms with Crippen molar-refractivity contribution in [1.82, 2.24) is 20.7 Å².